The molecule has 0 aliphatic heterocycles. The van der Waals surface area contributed by atoms with Crippen LogP contribution in [-0.4, -0.2) is 40.8 Å². The maximum Gasteiger partial charge on any atom is 0.439 e. The Morgan fingerprint density at radius 1 is 1.20 bits per heavy atom. The maximum atomic E-state index is 15.1. The number of rotatable bonds is 8. The number of benzene rings is 1. The summed E-state index contributed by atoms with van der Waals surface area (Å²) in [5, 5.41) is 19.3. The zero-order valence-electron chi connectivity index (χ0n) is 23.7. The molecule has 3 N–H and O–H groups in total. The molecule has 10 nitrogen and oxygen atoms in total. The van der Waals surface area contributed by atoms with Crippen molar-refractivity contribution in [3.63, 3.8) is 0 Å². The van der Waals surface area contributed by atoms with Crippen LogP contribution in [0.4, 0.5) is 10.2 Å². The molecule has 216 valence electrons. The predicted octanol–water partition coefficient (Wildman–Crippen LogP) is 5.46. The van der Waals surface area contributed by atoms with Crippen LogP contribution in [0.25, 0.3) is 28.5 Å². The van der Waals surface area contributed by atoms with E-state index in [1.807, 2.05) is 4.57 Å². The van der Waals surface area contributed by atoms with Gasteiger partial charge in [-0.2, -0.15) is 0 Å². The van der Waals surface area contributed by atoms with Crippen LogP contribution in [0.15, 0.2) is 40.2 Å². The number of nitrogens with zero attached hydrogens (tertiary/aromatic N) is 5. The van der Waals surface area contributed by atoms with Gasteiger partial charge in [-0.1, -0.05) is 56.1 Å². The lowest BCUT2D eigenvalue weighted by Crippen LogP contribution is -2.32. The number of aromatic nitrogens is 6. The molecule has 2 aliphatic rings. The van der Waals surface area contributed by atoms with Crippen molar-refractivity contribution in [2.75, 3.05) is 5.32 Å². The minimum absolute atomic E-state index is 0.0632. The Bertz CT molecular complexity index is 1640. The molecule has 2 atom stereocenters. The molecule has 2 saturated carbocycles. The number of hydrogen-bond donors (Lipinski definition) is 3. The molecule has 41 heavy (non-hydrogen) atoms. The molecule has 0 amide bonds. The lowest BCUT2D eigenvalue weighted by molar-refractivity contribution is 0.0868. The Kier molecular flexibility index (Phi) is 7.01. The fourth-order valence-corrected chi connectivity index (χ4v) is 6.15. The van der Waals surface area contributed by atoms with Gasteiger partial charge in [0.05, 0.1) is 0 Å². The van der Waals surface area contributed by atoms with Crippen molar-refractivity contribution in [2.24, 2.45) is 17.8 Å². The minimum atomic E-state index is -1.82. The largest absolute Gasteiger partial charge is 0.439 e. The second-order valence-corrected chi connectivity index (χ2v) is 11.9. The lowest BCUT2D eigenvalue weighted by atomic mass is 9.80. The first-order valence-electron chi connectivity index (χ1n) is 14.4. The van der Waals surface area contributed by atoms with Gasteiger partial charge in [0.2, 0.25) is 11.6 Å². The van der Waals surface area contributed by atoms with E-state index in [2.05, 4.69) is 40.9 Å². The Balaban J connectivity index is 1.59. The van der Waals surface area contributed by atoms with Crippen LogP contribution >= 0.6 is 0 Å². The summed E-state index contributed by atoms with van der Waals surface area (Å²) in [5.41, 5.74) is -0.166. The van der Waals surface area contributed by atoms with Crippen molar-refractivity contribution in [2.45, 2.75) is 77.4 Å². The van der Waals surface area contributed by atoms with E-state index in [1.54, 1.807) is 18.2 Å². The van der Waals surface area contributed by atoms with Gasteiger partial charge in [-0.15, -0.1) is 0 Å². The quantitative estimate of drug-likeness (QED) is 0.258. The monoisotopic (exact) mass is 561 g/mol. The first-order chi connectivity index (χ1) is 19.6. The average Bonchev–Trinajstić information content (AvgIpc) is 3.52. The topological polar surface area (TPSA) is 135 Å². The summed E-state index contributed by atoms with van der Waals surface area (Å²) in [5.74, 6) is 0.835. The smallest absolute Gasteiger partial charge is 0.377 e. The summed E-state index contributed by atoms with van der Waals surface area (Å²) >= 11 is 0. The Hall–Kier alpha value is -3.86. The normalized spacial score (nSPS) is 21.8. The molecule has 4 aromatic rings. The maximum absolute atomic E-state index is 15.1. The molecule has 3 aromatic heterocycles. The third kappa shape index (κ3) is 4.96. The zero-order valence-corrected chi connectivity index (χ0v) is 23.7. The third-order valence-corrected chi connectivity index (χ3v) is 8.99. The molecule has 11 heteroatoms. The first kappa shape index (κ1) is 27.3. The number of halogens is 1. The van der Waals surface area contributed by atoms with Crippen LogP contribution in [0.1, 0.15) is 77.1 Å². The van der Waals surface area contributed by atoms with E-state index in [9.17, 15) is 9.90 Å². The van der Waals surface area contributed by atoms with Gasteiger partial charge in [0.25, 0.3) is 0 Å². The number of H-pyrrole nitrogens is 1. The number of aromatic amines is 1. The highest BCUT2D eigenvalue weighted by atomic mass is 19.1. The third-order valence-electron chi connectivity index (χ3n) is 8.99. The number of anilines is 1. The summed E-state index contributed by atoms with van der Waals surface area (Å²) in [7, 11) is 0. The van der Waals surface area contributed by atoms with E-state index in [4.69, 9.17) is 14.5 Å². The van der Waals surface area contributed by atoms with Gasteiger partial charge in [-0.25, -0.2) is 24.1 Å². The van der Waals surface area contributed by atoms with Gasteiger partial charge < -0.3 is 10.4 Å². The molecule has 2 aliphatic carbocycles. The molecule has 1 aromatic carbocycles. The molecule has 0 bridgehead atoms. The van der Waals surface area contributed by atoms with Gasteiger partial charge in [-0.3, -0.25) is 14.1 Å². The molecule has 0 radical (unpaired) electrons. The summed E-state index contributed by atoms with van der Waals surface area (Å²) in [6.07, 6.45) is 7.45. The second-order valence-electron chi connectivity index (χ2n) is 11.9. The van der Waals surface area contributed by atoms with E-state index in [0.29, 0.717) is 23.2 Å². The van der Waals surface area contributed by atoms with Crippen LogP contribution in [-0.2, 0) is 5.60 Å². The Morgan fingerprint density at radius 3 is 2.56 bits per heavy atom. The van der Waals surface area contributed by atoms with E-state index >= 15 is 4.39 Å². The second kappa shape index (κ2) is 10.5. The molecular weight excluding hydrogens is 525 g/mol. The first-order valence-corrected chi connectivity index (χ1v) is 14.4. The molecule has 1 unspecified atom stereocenters. The van der Waals surface area contributed by atoms with Gasteiger partial charge in [0, 0.05) is 17.3 Å². The van der Waals surface area contributed by atoms with Crippen LogP contribution in [0.3, 0.4) is 0 Å². The number of hydrogen-bond acceptors (Lipinski definition) is 8. The van der Waals surface area contributed by atoms with Gasteiger partial charge in [-0.05, 0) is 63.4 Å². The fourth-order valence-electron chi connectivity index (χ4n) is 6.15. The highest BCUT2D eigenvalue weighted by Gasteiger charge is 2.38. The number of nitrogens with one attached hydrogen (secondary N) is 2. The van der Waals surface area contributed by atoms with Crippen LogP contribution in [0.5, 0.6) is 0 Å². The van der Waals surface area contributed by atoms with Gasteiger partial charge in [0.15, 0.2) is 17.3 Å². The van der Waals surface area contributed by atoms with E-state index in [1.165, 1.54) is 19.4 Å². The minimum Gasteiger partial charge on any atom is -0.377 e. The fraction of sp³-hybridized carbons (Fsp3) is 0.500. The zero-order chi connectivity index (χ0) is 28.9. The van der Waals surface area contributed by atoms with Crippen molar-refractivity contribution in [3.8, 4) is 11.6 Å². The summed E-state index contributed by atoms with van der Waals surface area (Å²) in [4.78, 5) is 28.5. The standard InChI is InChI=1S/C30H36FN7O3/c1-16-12-14-20(15-13-16)18(3)38-23-24(32-17(2)19-8-7-9-19)33-26(27-36-29(39)41-37-27)34-25(23)35-28(38)30(4,40)21-10-5-6-11-22(21)31/h5-6,10-11,16-17,19-20,40H,3,7-9,12-15H2,1-2,4H3,(H,32,33,34)(H,36,37,39)/t16-,17-,20-,30?/m1/s1. The van der Waals surface area contributed by atoms with Crippen molar-refractivity contribution >= 4 is 22.7 Å². The van der Waals surface area contributed by atoms with Crippen LogP contribution in [0.2, 0.25) is 0 Å². The molecule has 3 heterocycles. The Morgan fingerprint density at radius 2 is 1.93 bits per heavy atom. The number of imidazole rings is 1. The van der Waals surface area contributed by atoms with E-state index in [-0.39, 0.29) is 40.6 Å². The van der Waals surface area contributed by atoms with Crippen molar-refractivity contribution < 1.29 is 14.0 Å². The Labute approximate surface area is 237 Å². The lowest BCUT2D eigenvalue weighted by Gasteiger charge is -2.33. The predicted molar refractivity (Wildman–Crippen MR) is 153 cm³/mol. The summed E-state index contributed by atoms with van der Waals surface area (Å²) in [6.45, 7) is 10.4. The average molecular weight is 562 g/mol. The van der Waals surface area contributed by atoms with E-state index < -0.39 is 17.2 Å². The highest BCUT2D eigenvalue weighted by molar-refractivity contribution is 5.89. The summed E-state index contributed by atoms with van der Waals surface area (Å²) < 4.78 is 21.7. The number of fused-ring (bicyclic) bond motifs is 1. The molecule has 0 saturated heterocycles. The number of allylic oxidation sites excluding steroid dienone is 1. The SMILES string of the molecule is C=C([C@H]1CC[C@H](C)CC1)n1c(C(C)(O)c2ccccc2F)nc2nc(-c3noc(=O)[nH]3)nc(N[C@H](C)C3CCC3)c21. The van der Waals surface area contributed by atoms with Crippen molar-refractivity contribution in [1.82, 2.24) is 29.7 Å². The van der Waals surface area contributed by atoms with Crippen molar-refractivity contribution in [1.29, 1.82) is 0 Å². The van der Waals surface area contributed by atoms with Crippen LogP contribution in [0, 0.1) is 23.6 Å². The highest BCUT2D eigenvalue weighted by Crippen LogP contribution is 2.42. The van der Waals surface area contributed by atoms with Crippen LogP contribution < -0.4 is 11.1 Å². The molecule has 0 spiro atoms. The number of aliphatic hydroxyl groups is 1. The summed E-state index contributed by atoms with van der Waals surface area (Å²) in [6, 6.07) is 6.23. The molecule has 2 fully saturated rings. The molecule has 6 rings (SSSR count). The van der Waals surface area contributed by atoms with Gasteiger partial charge >= 0.3 is 5.76 Å². The van der Waals surface area contributed by atoms with E-state index in [0.717, 1.165) is 44.2 Å². The van der Waals surface area contributed by atoms with Crippen molar-refractivity contribution in [3.05, 3.63) is 58.6 Å². The molecular formula is C30H36FN7O3. The van der Waals surface area contributed by atoms with Gasteiger partial charge in [0.1, 0.15) is 16.9 Å².